The molecule has 0 aromatic heterocycles. The Morgan fingerprint density at radius 3 is 2.07 bits per heavy atom. The number of carbonyl (C=O) groups excluding carboxylic acids is 2. The maximum atomic E-state index is 11.4. The highest BCUT2D eigenvalue weighted by Crippen LogP contribution is 1.89. The SMILES string of the molecule is CCN(CC)C(=O)NCCC(=O)N(C)C. The van der Waals surface area contributed by atoms with Gasteiger partial charge in [0.05, 0.1) is 0 Å². The second kappa shape index (κ2) is 7.09. The van der Waals surface area contributed by atoms with Crippen LogP contribution in [-0.4, -0.2) is 55.5 Å². The summed E-state index contributed by atoms with van der Waals surface area (Å²) in [4.78, 5) is 25.8. The molecule has 0 aliphatic rings. The molecule has 0 aliphatic carbocycles. The van der Waals surface area contributed by atoms with Crippen LogP contribution in [0.5, 0.6) is 0 Å². The highest BCUT2D eigenvalue weighted by atomic mass is 16.2. The molecule has 0 aromatic carbocycles. The number of hydrogen-bond donors (Lipinski definition) is 1. The van der Waals surface area contributed by atoms with Crippen LogP contribution in [0.4, 0.5) is 4.79 Å². The Morgan fingerprint density at radius 2 is 1.67 bits per heavy atom. The molecule has 0 aliphatic heterocycles. The predicted molar refractivity (Wildman–Crippen MR) is 59.6 cm³/mol. The van der Waals surface area contributed by atoms with Crippen molar-refractivity contribution in [1.29, 1.82) is 0 Å². The lowest BCUT2D eigenvalue weighted by molar-refractivity contribution is -0.128. The molecule has 0 saturated carbocycles. The quantitative estimate of drug-likeness (QED) is 0.726. The molecular formula is C10H21N3O2. The van der Waals surface area contributed by atoms with Gasteiger partial charge in [-0.2, -0.15) is 0 Å². The summed E-state index contributed by atoms with van der Waals surface area (Å²) < 4.78 is 0. The first-order valence-electron chi connectivity index (χ1n) is 5.25. The van der Waals surface area contributed by atoms with Crippen LogP contribution in [0.2, 0.25) is 0 Å². The summed E-state index contributed by atoms with van der Waals surface area (Å²) in [6.45, 7) is 5.61. The molecule has 0 unspecified atom stereocenters. The van der Waals surface area contributed by atoms with Gasteiger partial charge in [0.1, 0.15) is 0 Å². The summed E-state index contributed by atoms with van der Waals surface area (Å²) in [6, 6.07) is -0.105. The molecule has 0 atom stereocenters. The Kier molecular flexibility index (Phi) is 6.49. The zero-order valence-corrected chi connectivity index (χ0v) is 10.0. The van der Waals surface area contributed by atoms with Crippen molar-refractivity contribution in [2.24, 2.45) is 0 Å². The molecule has 0 radical (unpaired) electrons. The van der Waals surface area contributed by atoms with Crippen molar-refractivity contribution in [2.75, 3.05) is 33.7 Å². The van der Waals surface area contributed by atoms with Gasteiger partial charge in [-0.1, -0.05) is 0 Å². The smallest absolute Gasteiger partial charge is 0.317 e. The second-order valence-corrected chi connectivity index (χ2v) is 3.44. The van der Waals surface area contributed by atoms with Gasteiger partial charge in [-0.05, 0) is 13.8 Å². The zero-order chi connectivity index (χ0) is 11.8. The molecular weight excluding hydrogens is 194 g/mol. The van der Waals surface area contributed by atoms with E-state index in [1.54, 1.807) is 19.0 Å². The van der Waals surface area contributed by atoms with Gasteiger partial charge in [0.2, 0.25) is 5.91 Å². The summed E-state index contributed by atoms with van der Waals surface area (Å²) in [5.41, 5.74) is 0. The average Bonchev–Trinajstić information content (AvgIpc) is 2.19. The zero-order valence-electron chi connectivity index (χ0n) is 10.0. The number of hydrogen-bond acceptors (Lipinski definition) is 2. The predicted octanol–water partition coefficient (Wildman–Crippen LogP) is 0.516. The third kappa shape index (κ3) is 5.24. The first-order valence-corrected chi connectivity index (χ1v) is 5.25. The van der Waals surface area contributed by atoms with Crippen LogP contribution in [-0.2, 0) is 4.79 Å². The van der Waals surface area contributed by atoms with Crippen molar-refractivity contribution >= 4 is 11.9 Å². The van der Waals surface area contributed by atoms with Crippen molar-refractivity contribution in [2.45, 2.75) is 20.3 Å². The minimum absolute atomic E-state index is 0.0230. The van der Waals surface area contributed by atoms with Crippen LogP contribution in [0, 0.1) is 0 Å². The Bertz CT molecular complexity index is 213. The lowest BCUT2D eigenvalue weighted by atomic mass is 10.4. The second-order valence-electron chi connectivity index (χ2n) is 3.44. The van der Waals surface area contributed by atoms with E-state index in [9.17, 15) is 9.59 Å². The third-order valence-electron chi connectivity index (χ3n) is 2.16. The fourth-order valence-electron chi connectivity index (χ4n) is 1.12. The van der Waals surface area contributed by atoms with Crippen LogP contribution >= 0.6 is 0 Å². The first kappa shape index (κ1) is 13.7. The number of carbonyl (C=O) groups is 2. The molecule has 0 heterocycles. The van der Waals surface area contributed by atoms with Gasteiger partial charge in [0.15, 0.2) is 0 Å². The van der Waals surface area contributed by atoms with E-state index in [1.807, 2.05) is 13.8 Å². The maximum Gasteiger partial charge on any atom is 0.317 e. The van der Waals surface area contributed by atoms with Gasteiger partial charge in [-0.15, -0.1) is 0 Å². The summed E-state index contributed by atoms with van der Waals surface area (Å²) in [5, 5.41) is 2.71. The third-order valence-corrected chi connectivity index (χ3v) is 2.16. The van der Waals surface area contributed by atoms with E-state index >= 15 is 0 Å². The number of urea groups is 1. The molecule has 88 valence electrons. The lowest BCUT2D eigenvalue weighted by Gasteiger charge is -2.19. The Hall–Kier alpha value is -1.26. The molecule has 0 fully saturated rings. The molecule has 5 heteroatoms. The fourth-order valence-corrected chi connectivity index (χ4v) is 1.12. The van der Waals surface area contributed by atoms with Gasteiger partial charge in [0, 0.05) is 40.2 Å². The monoisotopic (exact) mass is 215 g/mol. The Morgan fingerprint density at radius 1 is 1.13 bits per heavy atom. The highest BCUT2D eigenvalue weighted by molar-refractivity contribution is 5.77. The molecule has 0 saturated heterocycles. The summed E-state index contributed by atoms with van der Waals surface area (Å²) in [7, 11) is 3.41. The average molecular weight is 215 g/mol. The number of nitrogens with zero attached hydrogens (tertiary/aromatic N) is 2. The van der Waals surface area contributed by atoms with Gasteiger partial charge < -0.3 is 15.1 Å². The van der Waals surface area contributed by atoms with E-state index in [0.717, 1.165) is 0 Å². The molecule has 3 amide bonds. The lowest BCUT2D eigenvalue weighted by Crippen LogP contribution is -2.41. The molecule has 0 rings (SSSR count). The molecule has 15 heavy (non-hydrogen) atoms. The van der Waals surface area contributed by atoms with E-state index in [1.165, 1.54) is 4.90 Å². The Labute approximate surface area is 91.4 Å². The standard InChI is InChI=1S/C10H21N3O2/c1-5-13(6-2)10(15)11-8-7-9(14)12(3)4/h5-8H2,1-4H3,(H,11,15). The van der Waals surface area contributed by atoms with Gasteiger partial charge in [-0.3, -0.25) is 4.79 Å². The van der Waals surface area contributed by atoms with Crippen molar-refractivity contribution in [3.63, 3.8) is 0 Å². The van der Waals surface area contributed by atoms with Gasteiger partial charge in [0.25, 0.3) is 0 Å². The summed E-state index contributed by atoms with van der Waals surface area (Å²) in [6.07, 6.45) is 0.347. The van der Waals surface area contributed by atoms with E-state index in [-0.39, 0.29) is 11.9 Å². The number of rotatable bonds is 5. The van der Waals surface area contributed by atoms with E-state index < -0.39 is 0 Å². The molecule has 5 nitrogen and oxygen atoms in total. The van der Waals surface area contributed by atoms with Crippen molar-refractivity contribution in [1.82, 2.24) is 15.1 Å². The van der Waals surface area contributed by atoms with Crippen molar-refractivity contribution < 1.29 is 9.59 Å². The van der Waals surface area contributed by atoms with Crippen LogP contribution in [0.15, 0.2) is 0 Å². The van der Waals surface area contributed by atoms with Crippen molar-refractivity contribution in [3.05, 3.63) is 0 Å². The molecule has 1 N–H and O–H groups in total. The maximum absolute atomic E-state index is 11.4. The minimum Gasteiger partial charge on any atom is -0.349 e. The van der Waals surface area contributed by atoms with Gasteiger partial charge in [-0.25, -0.2) is 4.79 Å². The van der Waals surface area contributed by atoms with Crippen LogP contribution < -0.4 is 5.32 Å². The Balaban J connectivity index is 3.76. The highest BCUT2D eigenvalue weighted by Gasteiger charge is 2.09. The number of amides is 3. The molecule has 0 aromatic rings. The van der Waals surface area contributed by atoms with E-state index in [2.05, 4.69) is 5.32 Å². The van der Waals surface area contributed by atoms with E-state index in [4.69, 9.17) is 0 Å². The minimum atomic E-state index is -0.105. The van der Waals surface area contributed by atoms with Crippen molar-refractivity contribution in [3.8, 4) is 0 Å². The van der Waals surface area contributed by atoms with Crippen LogP contribution in [0.25, 0.3) is 0 Å². The van der Waals surface area contributed by atoms with Gasteiger partial charge >= 0.3 is 6.03 Å². The van der Waals surface area contributed by atoms with E-state index in [0.29, 0.717) is 26.1 Å². The topological polar surface area (TPSA) is 52.7 Å². The fraction of sp³-hybridized carbons (Fsp3) is 0.800. The van der Waals surface area contributed by atoms with Crippen LogP contribution in [0.3, 0.4) is 0 Å². The normalized spacial score (nSPS) is 9.60. The molecule has 0 bridgehead atoms. The first-order chi connectivity index (χ1) is 7.02. The summed E-state index contributed by atoms with van der Waals surface area (Å²) >= 11 is 0. The summed E-state index contributed by atoms with van der Waals surface area (Å²) in [5.74, 6) is 0.0230. The largest absolute Gasteiger partial charge is 0.349 e. The molecule has 0 spiro atoms. The number of nitrogens with one attached hydrogen (secondary N) is 1. The van der Waals surface area contributed by atoms with Crippen LogP contribution in [0.1, 0.15) is 20.3 Å².